The predicted molar refractivity (Wildman–Crippen MR) is 73.7 cm³/mol. The largest absolute Gasteiger partial charge is 0.322 e. The third kappa shape index (κ3) is 2.48. The van der Waals surface area contributed by atoms with E-state index in [1.54, 1.807) is 0 Å². The summed E-state index contributed by atoms with van der Waals surface area (Å²) >= 11 is 0. The molecule has 0 saturated carbocycles. The van der Waals surface area contributed by atoms with Gasteiger partial charge in [0.1, 0.15) is 0 Å². The first-order valence-corrected chi connectivity index (χ1v) is 6.39. The molecule has 1 unspecified atom stereocenters. The molecule has 1 fully saturated rings. The molecule has 2 N–H and O–H groups in total. The molecule has 1 saturated heterocycles. The van der Waals surface area contributed by atoms with Crippen molar-refractivity contribution in [2.24, 2.45) is 0 Å². The second-order valence-corrected chi connectivity index (χ2v) is 5.28. The lowest BCUT2D eigenvalue weighted by Gasteiger charge is -2.47. The van der Waals surface area contributed by atoms with Crippen molar-refractivity contribution < 1.29 is 4.79 Å². The highest BCUT2D eigenvalue weighted by molar-refractivity contribution is 5.89. The van der Waals surface area contributed by atoms with Crippen molar-refractivity contribution in [2.45, 2.75) is 32.4 Å². The maximum absolute atomic E-state index is 12.3. The minimum Gasteiger partial charge on any atom is -0.317 e. The zero-order chi connectivity index (χ0) is 13.2. The summed E-state index contributed by atoms with van der Waals surface area (Å²) in [6.45, 7) is 7.87. The van der Waals surface area contributed by atoms with Gasteiger partial charge in [0.25, 0.3) is 0 Å². The van der Waals surface area contributed by atoms with E-state index in [1.165, 1.54) is 0 Å². The fourth-order valence-corrected chi connectivity index (χ4v) is 2.24. The van der Waals surface area contributed by atoms with Gasteiger partial charge in [-0.05, 0) is 32.9 Å². The maximum Gasteiger partial charge on any atom is 0.322 e. The Morgan fingerprint density at radius 3 is 2.72 bits per heavy atom. The van der Waals surface area contributed by atoms with Crippen molar-refractivity contribution in [3.63, 3.8) is 0 Å². The Morgan fingerprint density at radius 2 is 2.06 bits per heavy atom. The van der Waals surface area contributed by atoms with Crippen LogP contribution in [0.4, 0.5) is 10.5 Å². The third-order valence-electron chi connectivity index (χ3n) is 3.81. The summed E-state index contributed by atoms with van der Waals surface area (Å²) in [5.41, 5.74) is 0.654. The summed E-state index contributed by atoms with van der Waals surface area (Å²) in [5.74, 6) is 0. The van der Waals surface area contributed by atoms with Crippen LogP contribution < -0.4 is 10.6 Å². The van der Waals surface area contributed by atoms with Gasteiger partial charge in [-0.3, -0.25) is 0 Å². The maximum atomic E-state index is 12.3. The molecule has 0 aliphatic carbocycles. The van der Waals surface area contributed by atoms with Gasteiger partial charge in [0.05, 0.1) is 5.54 Å². The monoisotopic (exact) mass is 247 g/mol. The van der Waals surface area contributed by atoms with Crippen LogP contribution >= 0.6 is 0 Å². The number of anilines is 1. The van der Waals surface area contributed by atoms with Crippen LogP contribution in [0.5, 0.6) is 0 Å². The Hall–Kier alpha value is -1.55. The van der Waals surface area contributed by atoms with Crippen molar-refractivity contribution in [3.05, 3.63) is 30.3 Å². The molecule has 2 rings (SSSR count). The third-order valence-corrected chi connectivity index (χ3v) is 3.81. The number of amides is 2. The standard InChI is InChI=1S/C14H21N3O/c1-11-14(2,3)17(10-9-15-11)13(18)16-12-7-5-4-6-8-12/h4-8,11,15H,9-10H2,1-3H3,(H,16,18). The van der Waals surface area contributed by atoms with E-state index in [0.29, 0.717) is 0 Å². The first-order chi connectivity index (χ1) is 8.51. The van der Waals surface area contributed by atoms with E-state index in [9.17, 15) is 4.79 Å². The van der Waals surface area contributed by atoms with Crippen molar-refractivity contribution in [2.75, 3.05) is 18.4 Å². The van der Waals surface area contributed by atoms with E-state index >= 15 is 0 Å². The number of nitrogens with zero attached hydrogens (tertiary/aromatic N) is 1. The molecule has 1 aromatic carbocycles. The van der Waals surface area contributed by atoms with Crippen LogP contribution in [0.3, 0.4) is 0 Å². The fraction of sp³-hybridized carbons (Fsp3) is 0.500. The molecule has 1 aromatic rings. The summed E-state index contributed by atoms with van der Waals surface area (Å²) in [5, 5.41) is 6.35. The first kappa shape index (κ1) is 12.9. The quantitative estimate of drug-likeness (QED) is 0.799. The van der Waals surface area contributed by atoms with E-state index in [2.05, 4.69) is 31.4 Å². The summed E-state index contributed by atoms with van der Waals surface area (Å²) in [6, 6.07) is 9.83. The van der Waals surface area contributed by atoms with Gasteiger partial charge in [-0.15, -0.1) is 0 Å². The van der Waals surface area contributed by atoms with Gasteiger partial charge >= 0.3 is 6.03 Å². The number of carbonyl (C=O) groups is 1. The summed E-state index contributed by atoms with van der Waals surface area (Å²) < 4.78 is 0. The minimum absolute atomic E-state index is 0.0282. The lowest BCUT2D eigenvalue weighted by Crippen LogP contribution is -2.65. The second-order valence-electron chi connectivity index (χ2n) is 5.28. The molecule has 1 atom stereocenters. The van der Waals surface area contributed by atoms with Gasteiger partial charge < -0.3 is 15.5 Å². The Balaban J connectivity index is 2.09. The number of urea groups is 1. The molecule has 0 bridgehead atoms. The molecule has 0 aromatic heterocycles. The zero-order valence-electron chi connectivity index (χ0n) is 11.2. The normalized spacial score (nSPS) is 22.6. The molecule has 0 spiro atoms. The molecule has 1 aliphatic rings. The Kier molecular flexibility index (Phi) is 3.57. The van der Waals surface area contributed by atoms with Gasteiger partial charge in [0.2, 0.25) is 0 Å². The number of para-hydroxylation sites is 1. The molecule has 4 heteroatoms. The molecule has 4 nitrogen and oxygen atoms in total. The van der Waals surface area contributed by atoms with Gasteiger partial charge in [-0.2, -0.15) is 0 Å². The van der Waals surface area contributed by atoms with Crippen LogP contribution in [-0.2, 0) is 0 Å². The van der Waals surface area contributed by atoms with Crippen LogP contribution in [0.25, 0.3) is 0 Å². The Bertz CT molecular complexity index is 416. The van der Waals surface area contributed by atoms with E-state index in [4.69, 9.17) is 0 Å². The average molecular weight is 247 g/mol. The van der Waals surface area contributed by atoms with Crippen LogP contribution in [-0.4, -0.2) is 35.6 Å². The summed E-state index contributed by atoms with van der Waals surface area (Å²) in [7, 11) is 0. The van der Waals surface area contributed by atoms with Gasteiger partial charge in [-0.25, -0.2) is 4.79 Å². The van der Waals surface area contributed by atoms with E-state index in [-0.39, 0.29) is 17.6 Å². The number of hydrogen-bond donors (Lipinski definition) is 2. The van der Waals surface area contributed by atoms with Crippen molar-refractivity contribution >= 4 is 11.7 Å². The molecule has 1 aliphatic heterocycles. The minimum atomic E-state index is -0.183. The first-order valence-electron chi connectivity index (χ1n) is 6.39. The van der Waals surface area contributed by atoms with Crippen LogP contribution in [0.15, 0.2) is 30.3 Å². The number of rotatable bonds is 1. The topological polar surface area (TPSA) is 44.4 Å². The second kappa shape index (κ2) is 4.98. The van der Waals surface area contributed by atoms with Crippen LogP contribution in [0.1, 0.15) is 20.8 Å². The molecular formula is C14H21N3O. The number of hydrogen-bond acceptors (Lipinski definition) is 2. The Morgan fingerprint density at radius 1 is 1.39 bits per heavy atom. The summed E-state index contributed by atoms with van der Waals surface area (Å²) in [6.07, 6.45) is 0. The lowest BCUT2D eigenvalue weighted by molar-refractivity contribution is 0.0906. The van der Waals surface area contributed by atoms with E-state index in [0.717, 1.165) is 18.8 Å². The van der Waals surface area contributed by atoms with Crippen LogP contribution in [0.2, 0.25) is 0 Å². The lowest BCUT2D eigenvalue weighted by atomic mass is 9.91. The molecule has 18 heavy (non-hydrogen) atoms. The fourth-order valence-electron chi connectivity index (χ4n) is 2.24. The molecule has 98 valence electrons. The molecule has 0 radical (unpaired) electrons. The Labute approximate surface area is 108 Å². The SMILES string of the molecule is CC1NCCN(C(=O)Nc2ccccc2)C1(C)C. The van der Waals surface area contributed by atoms with Crippen LogP contribution in [0, 0.1) is 0 Å². The number of benzene rings is 1. The number of piperazine rings is 1. The number of carbonyl (C=O) groups excluding carboxylic acids is 1. The molecule has 1 heterocycles. The van der Waals surface area contributed by atoms with E-state index in [1.807, 2.05) is 35.2 Å². The highest BCUT2D eigenvalue weighted by Crippen LogP contribution is 2.23. The van der Waals surface area contributed by atoms with E-state index < -0.39 is 0 Å². The zero-order valence-corrected chi connectivity index (χ0v) is 11.2. The summed E-state index contributed by atoms with van der Waals surface area (Å²) in [4.78, 5) is 14.2. The van der Waals surface area contributed by atoms with Gasteiger partial charge in [0.15, 0.2) is 0 Å². The van der Waals surface area contributed by atoms with Gasteiger partial charge in [0, 0.05) is 24.8 Å². The highest BCUT2D eigenvalue weighted by Gasteiger charge is 2.38. The van der Waals surface area contributed by atoms with Crippen molar-refractivity contribution in [1.29, 1.82) is 0 Å². The highest BCUT2D eigenvalue weighted by atomic mass is 16.2. The molecular weight excluding hydrogens is 226 g/mol. The smallest absolute Gasteiger partial charge is 0.317 e. The van der Waals surface area contributed by atoms with Crippen molar-refractivity contribution in [3.8, 4) is 0 Å². The molecule has 2 amide bonds. The average Bonchev–Trinajstić information content (AvgIpc) is 2.33. The number of nitrogens with one attached hydrogen (secondary N) is 2. The van der Waals surface area contributed by atoms with Crippen molar-refractivity contribution in [1.82, 2.24) is 10.2 Å². The predicted octanol–water partition coefficient (Wildman–Crippen LogP) is 2.29. The van der Waals surface area contributed by atoms with Gasteiger partial charge in [-0.1, -0.05) is 18.2 Å².